The van der Waals surface area contributed by atoms with E-state index < -0.39 is 0 Å². The summed E-state index contributed by atoms with van der Waals surface area (Å²) in [6.45, 7) is 7.33. The lowest BCUT2D eigenvalue weighted by Gasteiger charge is -2.16. The molecule has 4 nitrogen and oxygen atoms in total. The molecule has 222 valence electrons. The molecule has 4 heteroatoms. The van der Waals surface area contributed by atoms with E-state index in [1.54, 1.807) is 24.5 Å². The SMILES string of the molecule is [C-]#[N+]c1ccnc(-c2ccc(-c3ccc(-c4ccc(-c5ccc(-c6cc(C#N)ccn6)cc5)c5ccccc45)c4ccccc34)cc2)c1. The first-order valence-electron chi connectivity index (χ1n) is 15.7. The third-order valence-electron chi connectivity index (χ3n) is 8.88. The van der Waals surface area contributed by atoms with Gasteiger partial charge in [0.25, 0.3) is 0 Å². The van der Waals surface area contributed by atoms with Crippen LogP contribution in [-0.2, 0) is 0 Å². The minimum Gasteiger partial charge on any atom is -0.259 e. The van der Waals surface area contributed by atoms with Crippen LogP contribution in [0.3, 0.4) is 0 Å². The molecule has 0 aliphatic rings. The number of pyridine rings is 2. The Balaban J connectivity index is 1.18. The molecule has 0 aliphatic heterocycles. The van der Waals surface area contributed by atoms with Gasteiger partial charge in [0.1, 0.15) is 0 Å². The van der Waals surface area contributed by atoms with Crippen molar-refractivity contribution < 1.29 is 0 Å². The van der Waals surface area contributed by atoms with Crippen LogP contribution in [0.5, 0.6) is 0 Å². The summed E-state index contributed by atoms with van der Waals surface area (Å²) in [7, 11) is 0. The third kappa shape index (κ3) is 5.14. The minimum atomic E-state index is 0.584. The molecule has 0 unspecified atom stereocenters. The van der Waals surface area contributed by atoms with E-state index in [4.69, 9.17) is 6.57 Å². The maximum absolute atomic E-state index is 9.30. The zero-order chi connectivity index (χ0) is 32.5. The molecule has 0 saturated carbocycles. The predicted octanol–water partition coefficient (Wildman–Crippen LogP) is 11.5. The van der Waals surface area contributed by atoms with Gasteiger partial charge in [-0.15, -0.1) is 0 Å². The van der Waals surface area contributed by atoms with E-state index in [9.17, 15) is 5.26 Å². The molecule has 0 N–H and O–H groups in total. The molecule has 0 radical (unpaired) electrons. The largest absolute Gasteiger partial charge is 0.259 e. The summed E-state index contributed by atoms with van der Waals surface area (Å²) >= 11 is 0. The highest BCUT2D eigenvalue weighted by Crippen LogP contribution is 2.41. The van der Waals surface area contributed by atoms with Gasteiger partial charge in [-0.2, -0.15) is 5.26 Å². The zero-order valence-electron chi connectivity index (χ0n) is 25.8. The highest BCUT2D eigenvalue weighted by Gasteiger charge is 2.14. The molecule has 2 heterocycles. The monoisotopic (exact) mass is 610 g/mol. The molecule has 0 saturated heterocycles. The second-order valence-electron chi connectivity index (χ2n) is 11.6. The van der Waals surface area contributed by atoms with Crippen molar-refractivity contribution in [3.63, 3.8) is 0 Å². The van der Waals surface area contributed by atoms with Crippen molar-refractivity contribution >= 4 is 27.2 Å². The molecular weight excluding hydrogens is 585 g/mol. The molecule has 0 amide bonds. The number of fused-ring (bicyclic) bond motifs is 2. The smallest absolute Gasteiger partial charge is 0.190 e. The Labute approximate surface area is 278 Å². The summed E-state index contributed by atoms with van der Waals surface area (Å²) in [4.78, 5) is 12.5. The first kappa shape index (κ1) is 28.6. The summed E-state index contributed by atoms with van der Waals surface area (Å²) in [5.41, 5.74) is 11.7. The van der Waals surface area contributed by atoms with E-state index in [1.165, 1.54) is 38.2 Å². The number of hydrogen-bond acceptors (Lipinski definition) is 3. The van der Waals surface area contributed by atoms with E-state index >= 15 is 0 Å². The highest BCUT2D eigenvalue weighted by atomic mass is 14.7. The molecule has 0 aliphatic carbocycles. The number of nitrogens with zero attached hydrogens (tertiary/aromatic N) is 4. The van der Waals surface area contributed by atoms with Gasteiger partial charge >= 0.3 is 0 Å². The number of nitriles is 1. The van der Waals surface area contributed by atoms with Crippen molar-refractivity contribution in [2.24, 2.45) is 0 Å². The lowest BCUT2D eigenvalue weighted by molar-refractivity contribution is 1.31. The fraction of sp³-hybridized carbons (Fsp3) is 0. The van der Waals surface area contributed by atoms with Crippen molar-refractivity contribution in [3.05, 3.63) is 175 Å². The average molecular weight is 611 g/mol. The molecule has 0 spiro atoms. The van der Waals surface area contributed by atoms with Crippen molar-refractivity contribution in [1.82, 2.24) is 9.97 Å². The van der Waals surface area contributed by atoms with E-state index in [0.29, 0.717) is 11.3 Å². The minimum absolute atomic E-state index is 0.584. The lowest BCUT2D eigenvalue weighted by atomic mass is 9.88. The Hall–Kier alpha value is -6.88. The molecule has 6 aromatic carbocycles. The Morgan fingerprint density at radius 1 is 0.458 bits per heavy atom. The van der Waals surface area contributed by atoms with Crippen LogP contribution < -0.4 is 0 Å². The number of hydrogen-bond donors (Lipinski definition) is 0. The summed E-state index contributed by atoms with van der Waals surface area (Å²) in [6, 6.07) is 52.2. The lowest BCUT2D eigenvalue weighted by Crippen LogP contribution is -1.90. The van der Waals surface area contributed by atoms with Gasteiger partial charge in [0.15, 0.2) is 5.69 Å². The Kier molecular flexibility index (Phi) is 7.23. The molecule has 0 bridgehead atoms. The van der Waals surface area contributed by atoms with Gasteiger partial charge in [-0.1, -0.05) is 121 Å². The van der Waals surface area contributed by atoms with Crippen molar-refractivity contribution in [1.29, 1.82) is 5.26 Å². The van der Waals surface area contributed by atoms with Crippen molar-refractivity contribution in [3.8, 4) is 62.0 Å². The molecule has 8 rings (SSSR count). The average Bonchev–Trinajstić information content (AvgIpc) is 3.17. The molecule has 48 heavy (non-hydrogen) atoms. The van der Waals surface area contributed by atoms with Crippen LogP contribution in [0, 0.1) is 17.9 Å². The quantitative estimate of drug-likeness (QED) is 0.182. The summed E-state index contributed by atoms with van der Waals surface area (Å²) in [5.74, 6) is 0. The fourth-order valence-corrected chi connectivity index (χ4v) is 6.52. The van der Waals surface area contributed by atoms with Crippen LogP contribution in [0.25, 0.3) is 82.3 Å². The van der Waals surface area contributed by atoms with Crippen LogP contribution in [0.2, 0.25) is 0 Å². The predicted molar refractivity (Wildman–Crippen MR) is 195 cm³/mol. The van der Waals surface area contributed by atoms with E-state index in [0.717, 1.165) is 39.2 Å². The Morgan fingerprint density at radius 3 is 1.35 bits per heavy atom. The molecule has 0 fully saturated rings. The topological polar surface area (TPSA) is 53.9 Å². The molecule has 0 atom stereocenters. The van der Waals surface area contributed by atoms with Crippen LogP contribution in [0.1, 0.15) is 5.56 Å². The Morgan fingerprint density at radius 2 is 0.875 bits per heavy atom. The summed E-state index contributed by atoms with van der Waals surface area (Å²) < 4.78 is 0. The van der Waals surface area contributed by atoms with Gasteiger partial charge in [0.05, 0.1) is 29.6 Å². The maximum atomic E-state index is 9.30. The van der Waals surface area contributed by atoms with Gasteiger partial charge in [0, 0.05) is 18.0 Å². The molecule has 8 aromatic rings. The Bertz CT molecular complexity index is 2390. The standard InChI is InChI=1S/C44H26N4/c1-46-34-23-25-48-44(27-34)33-16-12-31(13-17-33)36-19-21-42(40-9-5-3-7-38(36)40)41-20-18-35(37-6-2-4-8-39(37)41)30-10-14-32(15-11-30)43-26-29(28-45)22-24-47-43/h2-27H. The van der Waals surface area contributed by atoms with E-state index in [2.05, 4.69) is 142 Å². The number of aromatic nitrogens is 2. The normalized spacial score (nSPS) is 10.9. The van der Waals surface area contributed by atoms with Crippen LogP contribution in [0.4, 0.5) is 5.69 Å². The molecule has 2 aromatic heterocycles. The van der Waals surface area contributed by atoms with Crippen molar-refractivity contribution in [2.45, 2.75) is 0 Å². The van der Waals surface area contributed by atoms with E-state index in [-0.39, 0.29) is 0 Å². The maximum Gasteiger partial charge on any atom is 0.190 e. The zero-order valence-corrected chi connectivity index (χ0v) is 25.8. The third-order valence-corrected chi connectivity index (χ3v) is 8.88. The van der Waals surface area contributed by atoms with E-state index in [1.807, 2.05) is 12.1 Å². The number of benzene rings is 6. The second-order valence-corrected chi connectivity index (χ2v) is 11.6. The van der Waals surface area contributed by atoms with Crippen molar-refractivity contribution in [2.75, 3.05) is 0 Å². The van der Waals surface area contributed by atoms with Gasteiger partial charge in [0.2, 0.25) is 0 Å². The van der Waals surface area contributed by atoms with Gasteiger partial charge in [-0.25, -0.2) is 4.85 Å². The summed E-state index contributed by atoms with van der Waals surface area (Å²) in [5, 5.41) is 14.1. The van der Waals surface area contributed by atoms with Crippen LogP contribution in [0.15, 0.2) is 158 Å². The van der Waals surface area contributed by atoms with Gasteiger partial charge in [-0.3, -0.25) is 9.97 Å². The fourth-order valence-electron chi connectivity index (χ4n) is 6.52. The van der Waals surface area contributed by atoms with Crippen LogP contribution in [-0.4, -0.2) is 9.97 Å². The van der Waals surface area contributed by atoms with Gasteiger partial charge in [-0.05, 0) is 84.8 Å². The van der Waals surface area contributed by atoms with Gasteiger partial charge < -0.3 is 0 Å². The summed E-state index contributed by atoms with van der Waals surface area (Å²) in [6.07, 6.45) is 3.36. The second kappa shape index (κ2) is 12.1. The number of rotatable bonds is 5. The first-order chi connectivity index (χ1) is 23.7. The highest BCUT2D eigenvalue weighted by molar-refractivity contribution is 6.12. The van der Waals surface area contributed by atoms with Crippen LogP contribution >= 0.6 is 0 Å². The first-order valence-corrected chi connectivity index (χ1v) is 15.7. The molecular formula is C44H26N4.